The second-order valence-electron chi connectivity index (χ2n) is 3.45. The van der Waals surface area contributed by atoms with Gasteiger partial charge in [-0.25, -0.2) is 8.78 Å². The van der Waals surface area contributed by atoms with E-state index in [0.717, 1.165) is 11.8 Å². The van der Waals surface area contributed by atoms with Gasteiger partial charge in [0.25, 0.3) is 5.92 Å². The van der Waals surface area contributed by atoms with E-state index >= 15 is 0 Å². The van der Waals surface area contributed by atoms with Gasteiger partial charge in [-0.15, -0.1) is 0 Å². The Bertz CT molecular complexity index is 226. The first-order chi connectivity index (χ1) is 7.12. The van der Waals surface area contributed by atoms with Gasteiger partial charge in [-0.2, -0.15) is 13.2 Å². The standard InChI is InChI=1S/C9H13F5OS/c1-7(15)16-5-3-2-4-8(10,11)6-9(12,13)14/h2-6H2,1H3. The Morgan fingerprint density at radius 3 is 2.12 bits per heavy atom. The summed E-state index contributed by atoms with van der Waals surface area (Å²) in [7, 11) is 0. The lowest BCUT2D eigenvalue weighted by molar-refractivity contribution is -0.189. The third-order valence-electron chi connectivity index (χ3n) is 1.70. The molecule has 0 saturated carbocycles. The van der Waals surface area contributed by atoms with Crippen LogP contribution in [0.2, 0.25) is 0 Å². The lowest BCUT2D eigenvalue weighted by Gasteiger charge is -2.17. The second-order valence-corrected chi connectivity index (χ2v) is 4.72. The fourth-order valence-electron chi connectivity index (χ4n) is 1.08. The highest BCUT2D eigenvalue weighted by molar-refractivity contribution is 8.13. The highest BCUT2D eigenvalue weighted by Gasteiger charge is 2.42. The van der Waals surface area contributed by atoms with E-state index in [9.17, 15) is 26.7 Å². The average molecular weight is 264 g/mol. The summed E-state index contributed by atoms with van der Waals surface area (Å²) < 4.78 is 60.5. The Balaban J connectivity index is 3.70. The molecule has 7 heteroatoms. The van der Waals surface area contributed by atoms with Crippen LogP contribution in [0.25, 0.3) is 0 Å². The van der Waals surface area contributed by atoms with Crippen molar-refractivity contribution in [2.45, 2.75) is 44.7 Å². The van der Waals surface area contributed by atoms with Crippen LogP contribution in [0.4, 0.5) is 22.0 Å². The van der Waals surface area contributed by atoms with Crippen molar-refractivity contribution in [3.05, 3.63) is 0 Å². The molecule has 0 saturated heterocycles. The normalized spacial score (nSPS) is 12.9. The molecule has 96 valence electrons. The van der Waals surface area contributed by atoms with Crippen LogP contribution in [0.1, 0.15) is 32.6 Å². The van der Waals surface area contributed by atoms with Gasteiger partial charge in [-0.1, -0.05) is 11.8 Å². The van der Waals surface area contributed by atoms with Crippen LogP contribution in [-0.4, -0.2) is 23.0 Å². The summed E-state index contributed by atoms with van der Waals surface area (Å²) in [6.45, 7) is 1.35. The Morgan fingerprint density at radius 1 is 1.12 bits per heavy atom. The van der Waals surface area contributed by atoms with Gasteiger partial charge in [0, 0.05) is 19.1 Å². The average Bonchev–Trinajstić information content (AvgIpc) is 1.97. The molecule has 0 aromatic heterocycles. The maximum atomic E-state index is 12.7. The molecule has 0 bridgehead atoms. The third kappa shape index (κ3) is 10.2. The molecule has 0 heterocycles. The number of unbranched alkanes of at least 4 members (excludes halogenated alkanes) is 1. The molecule has 0 aliphatic heterocycles. The van der Waals surface area contributed by atoms with Gasteiger partial charge in [0.05, 0.1) is 0 Å². The van der Waals surface area contributed by atoms with Crippen LogP contribution in [0.3, 0.4) is 0 Å². The van der Waals surface area contributed by atoms with Crippen LogP contribution >= 0.6 is 11.8 Å². The largest absolute Gasteiger partial charge is 0.394 e. The van der Waals surface area contributed by atoms with Crippen molar-refractivity contribution in [2.24, 2.45) is 0 Å². The van der Waals surface area contributed by atoms with E-state index in [1.54, 1.807) is 0 Å². The van der Waals surface area contributed by atoms with E-state index in [0.29, 0.717) is 12.2 Å². The Labute approximate surface area is 94.8 Å². The predicted octanol–water partition coefficient (Wildman–Crippen LogP) is 4.02. The fraction of sp³-hybridized carbons (Fsp3) is 0.889. The summed E-state index contributed by atoms with van der Waals surface area (Å²) in [6, 6.07) is 0. The number of carbonyl (C=O) groups is 1. The van der Waals surface area contributed by atoms with E-state index < -0.39 is 24.9 Å². The molecule has 0 atom stereocenters. The molecule has 0 aromatic rings. The Kier molecular flexibility index (Phi) is 6.28. The van der Waals surface area contributed by atoms with E-state index in [4.69, 9.17) is 0 Å². The molecule has 0 rings (SSSR count). The van der Waals surface area contributed by atoms with Gasteiger partial charge >= 0.3 is 6.18 Å². The summed E-state index contributed by atoms with van der Waals surface area (Å²) in [5.41, 5.74) is 0. The molecule has 0 unspecified atom stereocenters. The van der Waals surface area contributed by atoms with Crippen LogP contribution in [0, 0.1) is 0 Å². The van der Waals surface area contributed by atoms with Crippen molar-refractivity contribution in [2.75, 3.05) is 5.75 Å². The van der Waals surface area contributed by atoms with Crippen LogP contribution in [-0.2, 0) is 4.79 Å². The maximum Gasteiger partial charge on any atom is 0.394 e. The Hall–Kier alpha value is -0.330. The monoisotopic (exact) mass is 264 g/mol. The van der Waals surface area contributed by atoms with Crippen LogP contribution in [0.5, 0.6) is 0 Å². The summed E-state index contributed by atoms with van der Waals surface area (Å²) in [5, 5.41) is -0.123. The first-order valence-electron chi connectivity index (χ1n) is 4.70. The van der Waals surface area contributed by atoms with Gasteiger partial charge in [-0.05, 0) is 12.8 Å². The van der Waals surface area contributed by atoms with Crippen LogP contribution < -0.4 is 0 Å². The van der Waals surface area contributed by atoms with Crippen molar-refractivity contribution in [1.29, 1.82) is 0 Å². The van der Waals surface area contributed by atoms with E-state index in [2.05, 4.69) is 0 Å². The van der Waals surface area contributed by atoms with E-state index in [-0.39, 0.29) is 11.5 Å². The highest BCUT2D eigenvalue weighted by Crippen LogP contribution is 2.34. The van der Waals surface area contributed by atoms with Crippen molar-refractivity contribution < 1.29 is 26.7 Å². The van der Waals surface area contributed by atoms with E-state index in [1.165, 1.54) is 6.92 Å². The molecule has 16 heavy (non-hydrogen) atoms. The number of alkyl halides is 5. The minimum Gasteiger partial charge on any atom is -0.288 e. The molecular formula is C9H13F5OS. The molecule has 0 N–H and O–H groups in total. The van der Waals surface area contributed by atoms with Gasteiger partial charge in [0.1, 0.15) is 6.42 Å². The van der Waals surface area contributed by atoms with Crippen molar-refractivity contribution in [1.82, 2.24) is 0 Å². The molecule has 0 aromatic carbocycles. The minimum absolute atomic E-state index is 0.0106. The molecule has 0 amide bonds. The Morgan fingerprint density at radius 2 is 1.69 bits per heavy atom. The lowest BCUT2D eigenvalue weighted by Crippen LogP contribution is -2.25. The molecule has 0 aliphatic rings. The highest BCUT2D eigenvalue weighted by atomic mass is 32.2. The van der Waals surface area contributed by atoms with Crippen molar-refractivity contribution >= 4 is 16.9 Å². The molecule has 0 radical (unpaired) electrons. The summed E-state index contributed by atoms with van der Waals surface area (Å²) >= 11 is 0.989. The predicted molar refractivity (Wildman–Crippen MR) is 52.6 cm³/mol. The first-order valence-corrected chi connectivity index (χ1v) is 5.69. The minimum atomic E-state index is -4.84. The molecule has 1 nitrogen and oxygen atoms in total. The number of hydrogen-bond acceptors (Lipinski definition) is 2. The van der Waals surface area contributed by atoms with Crippen molar-refractivity contribution in [3.63, 3.8) is 0 Å². The number of rotatable bonds is 6. The second kappa shape index (κ2) is 6.42. The zero-order chi connectivity index (χ0) is 12.8. The zero-order valence-electron chi connectivity index (χ0n) is 8.74. The summed E-state index contributed by atoms with van der Waals surface area (Å²) in [5.74, 6) is -3.32. The molecule has 0 spiro atoms. The summed E-state index contributed by atoms with van der Waals surface area (Å²) in [6.07, 6.45) is -7.39. The van der Waals surface area contributed by atoms with E-state index in [1.807, 2.05) is 0 Å². The molecule has 0 fully saturated rings. The molecule has 0 aliphatic carbocycles. The van der Waals surface area contributed by atoms with Gasteiger partial charge < -0.3 is 0 Å². The van der Waals surface area contributed by atoms with Gasteiger partial charge in [0.2, 0.25) is 0 Å². The molecular weight excluding hydrogens is 251 g/mol. The number of carbonyl (C=O) groups excluding carboxylic acids is 1. The number of hydrogen-bond donors (Lipinski definition) is 0. The first kappa shape index (κ1) is 15.7. The lowest BCUT2D eigenvalue weighted by atomic mass is 10.1. The third-order valence-corrected chi connectivity index (χ3v) is 2.60. The number of thioether (sulfide) groups is 1. The maximum absolute atomic E-state index is 12.7. The fourth-order valence-corrected chi connectivity index (χ4v) is 1.72. The number of halogens is 5. The SMILES string of the molecule is CC(=O)SCCCCC(F)(F)CC(F)(F)F. The van der Waals surface area contributed by atoms with Crippen LogP contribution in [0.15, 0.2) is 0 Å². The van der Waals surface area contributed by atoms with Crippen molar-refractivity contribution in [3.8, 4) is 0 Å². The smallest absolute Gasteiger partial charge is 0.288 e. The van der Waals surface area contributed by atoms with Gasteiger partial charge in [0.15, 0.2) is 5.12 Å². The topological polar surface area (TPSA) is 17.1 Å². The summed E-state index contributed by atoms with van der Waals surface area (Å²) in [4.78, 5) is 10.5. The quantitative estimate of drug-likeness (QED) is 0.532. The van der Waals surface area contributed by atoms with Gasteiger partial charge in [-0.3, -0.25) is 4.79 Å². The zero-order valence-corrected chi connectivity index (χ0v) is 9.56.